The number of aromatic nitrogens is 5. The predicted octanol–water partition coefficient (Wildman–Crippen LogP) is 0.615. The smallest absolute Gasteiger partial charge is 0.297 e. The number of anilines is 2. The normalized spacial score (nSPS) is 22.1. The molecule has 0 unspecified atom stereocenters. The molecule has 4 aromatic rings. The van der Waals surface area contributed by atoms with Crippen molar-refractivity contribution < 1.29 is 24.2 Å². The summed E-state index contributed by atoms with van der Waals surface area (Å²) in [5.74, 6) is -0.0502. The van der Waals surface area contributed by atoms with Crippen molar-refractivity contribution in [2.24, 2.45) is 0 Å². The van der Waals surface area contributed by atoms with E-state index in [-0.39, 0.29) is 0 Å². The molecule has 1 amide bonds. The van der Waals surface area contributed by atoms with Gasteiger partial charge in [-0.25, -0.2) is 15.0 Å². The Morgan fingerprint density at radius 2 is 2.03 bits per heavy atom. The van der Waals surface area contributed by atoms with Gasteiger partial charge < -0.3 is 34.9 Å². The summed E-state index contributed by atoms with van der Waals surface area (Å²) in [6, 6.07) is 4.48. The van der Waals surface area contributed by atoms with Gasteiger partial charge in [-0.05, 0) is 40.3 Å². The van der Waals surface area contributed by atoms with Crippen LogP contribution in [0.1, 0.15) is 11.8 Å². The van der Waals surface area contributed by atoms with E-state index in [1.165, 1.54) is 24.3 Å². The molecule has 14 heteroatoms. The SMILES string of the molecule is CNC(=O)[C@H]1O[C@@H](n2cnc3c(NCc4cc(I)c5oc(N(C)C)nc5c4)ncnc32)[C@H](O)[C@@H]1O. The number of aliphatic hydroxyl groups excluding tert-OH is 2. The third kappa shape index (κ3) is 4.15. The van der Waals surface area contributed by atoms with Crippen molar-refractivity contribution in [3.8, 4) is 0 Å². The van der Waals surface area contributed by atoms with Crippen molar-refractivity contribution in [2.75, 3.05) is 31.4 Å². The first-order valence-electron chi connectivity index (χ1n) is 10.7. The molecule has 4 N–H and O–H groups in total. The number of carbonyl (C=O) groups excluding carboxylic acids is 1. The van der Waals surface area contributed by atoms with Crippen LogP contribution in [-0.4, -0.2) is 80.1 Å². The Labute approximate surface area is 212 Å². The molecule has 35 heavy (non-hydrogen) atoms. The Morgan fingerprint density at radius 3 is 2.77 bits per heavy atom. The van der Waals surface area contributed by atoms with Gasteiger partial charge in [0.2, 0.25) is 0 Å². The topological polar surface area (TPSA) is 164 Å². The summed E-state index contributed by atoms with van der Waals surface area (Å²) >= 11 is 2.22. The number of hydrogen-bond donors (Lipinski definition) is 4. The van der Waals surface area contributed by atoms with Crippen molar-refractivity contribution >= 4 is 62.6 Å². The van der Waals surface area contributed by atoms with E-state index in [0.29, 0.717) is 29.5 Å². The third-order valence-electron chi connectivity index (χ3n) is 5.71. The Kier molecular flexibility index (Phi) is 6.20. The molecule has 5 rings (SSSR count). The summed E-state index contributed by atoms with van der Waals surface area (Å²) < 4.78 is 13.9. The molecule has 0 saturated carbocycles. The van der Waals surface area contributed by atoms with Crippen LogP contribution >= 0.6 is 22.6 Å². The first-order valence-corrected chi connectivity index (χ1v) is 11.8. The Morgan fingerprint density at radius 1 is 1.23 bits per heavy atom. The summed E-state index contributed by atoms with van der Waals surface area (Å²) in [7, 11) is 5.17. The predicted molar refractivity (Wildman–Crippen MR) is 134 cm³/mol. The molecule has 1 aliphatic rings. The lowest BCUT2D eigenvalue weighted by molar-refractivity contribution is -0.137. The number of hydrogen-bond acceptors (Lipinski definition) is 11. The molecule has 1 aliphatic heterocycles. The average molecular weight is 594 g/mol. The maximum absolute atomic E-state index is 12.0. The van der Waals surface area contributed by atoms with Crippen LogP contribution in [0.3, 0.4) is 0 Å². The maximum Gasteiger partial charge on any atom is 0.297 e. The van der Waals surface area contributed by atoms with Crippen molar-refractivity contribution in [1.29, 1.82) is 0 Å². The second-order valence-corrected chi connectivity index (χ2v) is 9.42. The van der Waals surface area contributed by atoms with Gasteiger partial charge in [0.05, 0.1) is 9.90 Å². The van der Waals surface area contributed by atoms with E-state index in [2.05, 4.69) is 53.2 Å². The monoisotopic (exact) mass is 594 g/mol. The quantitative estimate of drug-likeness (QED) is 0.232. The molecule has 4 heterocycles. The number of benzene rings is 1. The molecule has 0 bridgehead atoms. The number of halogens is 1. The zero-order chi connectivity index (χ0) is 24.9. The number of aliphatic hydroxyl groups is 2. The Balaban J connectivity index is 1.40. The molecular weight excluding hydrogens is 571 g/mol. The third-order valence-corrected chi connectivity index (χ3v) is 6.51. The van der Waals surface area contributed by atoms with Crippen molar-refractivity contribution in [3.05, 3.63) is 33.9 Å². The minimum absolute atomic E-state index is 0.383. The molecule has 0 radical (unpaired) electrons. The van der Waals surface area contributed by atoms with Crippen molar-refractivity contribution in [1.82, 2.24) is 29.8 Å². The Bertz CT molecular complexity index is 1410. The number of imidazole rings is 1. The minimum atomic E-state index is -1.39. The van der Waals surface area contributed by atoms with Crippen molar-refractivity contribution in [3.63, 3.8) is 0 Å². The van der Waals surface area contributed by atoms with Crippen molar-refractivity contribution in [2.45, 2.75) is 31.1 Å². The second-order valence-electron chi connectivity index (χ2n) is 8.26. The lowest BCUT2D eigenvalue weighted by Crippen LogP contribution is -2.41. The molecule has 13 nitrogen and oxygen atoms in total. The summed E-state index contributed by atoms with van der Waals surface area (Å²) in [6.07, 6.45) is -2.18. The number of carbonyl (C=O) groups is 1. The first kappa shape index (κ1) is 23.7. The van der Waals surface area contributed by atoms with E-state index in [1.54, 1.807) is 0 Å². The van der Waals surface area contributed by atoms with Crippen LogP contribution in [0.15, 0.2) is 29.2 Å². The number of likely N-dealkylation sites (N-methyl/N-ethyl adjacent to an activating group) is 1. The fourth-order valence-corrected chi connectivity index (χ4v) is 4.72. The molecule has 0 aliphatic carbocycles. The molecule has 1 saturated heterocycles. The molecule has 1 fully saturated rings. The van der Waals surface area contributed by atoms with Gasteiger partial charge >= 0.3 is 0 Å². The molecule has 3 aromatic heterocycles. The highest BCUT2D eigenvalue weighted by molar-refractivity contribution is 14.1. The Hall–Kier alpha value is -3.08. The van der Waals surface area contributed by atoms with E-state index in [1.807, 2.05) is 31.1 Å². The highest BCUT2D eigenvalue weighted by Gasteiger charge is 2.47. The minimum Gasteiger partial charge on any atom is -0.422 e. The van der Waals surface area contributed by atoms with E-state index >= 15 is 0 Å². The van der Waals surface area contributed by atoms with Crippen LogP contribution in [0, 0.1) is 3.57 Å². The molecule has 1 aromatic carbocycles. The standard InChI is InChI=1S/C21H23IN8O5/c1-23-19(33)16-13(31)14(32)20(34-16)30-8-27-12-17(25-7-26-18(12)30)24-6-9-4-10(22)15-11(5-9)28-21(35-15)29(2)3/h4-5,7-8,13-14,16,20,31-32H,6H2,1-3H3,(H,23,33)(H,24,25,26)/t13-,14+,16-,20+/m0/s1. The average Bonchev–Trinajstić information content (AvgIpc) is 3.54. The van der Waals surface area contributed by atoms with Crippen LogP contribution in [0.25, 0.3) is 22.3 Å². The number of amides is 1. The zero-order valence-electron chi connectivity index (χ0n) is 19.0. The number of nitrogens with zero attached hydrogens (tertiary/aromatic N) is 6. The van der Waals surface area contributed by atoms with Gasteiger partial charge in [-0.1, -0.05) is 0 Å². The molecule has 0 spiro atoms. The van der Waals surface area contributed by atoms with Crippen LogP contribution < -0.4 is 15.5 Å². The van der Waals surface area contributed by atoms with Crippen LogP contribution in [0.5, 0.6) is 0 Å². The number of oxazole rings is 1. The summed E-state index contributed by atoms with van der Waals surface area (Å²) in [5.41, 5.74) is 3.29. The number of rotatable bonds is 6. The van der Waals surface area contributed by atoms with Crippen LogP contribution in [0.4, 0.5) is 11.8 Å². The van der Waals surface area contributed by atoms with Gasteiger partial charge in [-0.3, -0.25) is 9.36 Å². The fourth-order valence-electron chi connectivity index (χ4n) is 3.93. The largest absolute Gasteiger partial charge is 0.422 e. The zero-order valence-corrected chi connectivity index (χ0v) is 21.2. The lowest BCUT2D eigenvalue weighted by Gasteiger charge is -2.16. The fraction of sp³-hybridized carbons (Fsp3) is 0.381. The number of ether oxygens (including phenoxy) is 1. The number of fused-ring (bicyclic) bond motifs is 2. The van der Waals surface area contributed by atoms with Gasteiger partial charge in [0.25, 0.3) is 11.9 Å². The highest BCUT2D eigenvalue weighted by Crippen LogP contribution is 2.33. The van der Waals surface area contributed by atoms with Gasteiger partial charge in [0, 0.05) is 27.7 Å². The van der Waals surface area contributed by atoms with Crippen LogP contribution in [-0.2, 0) is 16.1 Å². The van der Waals surface area contributed by atoms with Gasteiger partial charge in [0.15, 0.2) is 34.9 Å². The maximum atomic E-state index is 12.0. The lowest BCUT2D eigenvalue weighted by atomic mass is 10.1. The van der Waals surface area contributed by atoms with Gasteiger partial charge in [-0.2, -0.15) is 4.98 Å². The highest BCUT2D eigenvalue weighted by atomic mass is 127. The molecule has 184 valence electrons. The van der Waals surface area contributed by atoms with E-state index in [0.717, 1.165) is 20.2 Å². The molecule has 4 atom stereocenters. The van der Waals surface area contributed by atoms with E-state index in [4.69, 9.17) is 9.15 Å². The van der Waals surface area contributed by atoms with Crippen LogP contribution in [0.2, 0.25) is 0 Å². The van der Waals surface area contributed by atoms with Gasteiger partial charge in [-0.15, -0.1) is 0 Å². The summed E-state index contributed by atoms with van der Waals surface area (Å²) in [5, 5.41) is 26.4. The molecular formula is C21H23IN8O5. The second kappa shape index (κ2) is 9.18. The summed E-state index contributed by atoms with van der Waals surface area (Å²) in [6.45, 7) is 0.440. The van der Waals surface area contributed by atoms with E-state index < -0.39 is 30.4 Å². The number of nitrogens with one attached hydrogen (secondary N) is 2. The van der Waals surface area contributed by atoms with E-state index in [9.17, 15) is 15.0 Å². The first-order chi connectivity index (χ1) is 16.8. The summed E-state index contributed by atoms with van der Waals surface area (Å²) in [4.78, 5) is 31.3. The van der Waals surface area contributed by atoms with Gasteiger partial charge in [0.1, 0.15) is 24.1 Å².